The molecule has 2 rings (SSSR count). The van der Waals surface area contributed by atoms with Crippen LogP contribution in [0.5, 0.6) is 0 Å². The number of pyridine rings is 1. The molecule has 0 aromatic carbocycles. The molecule has 1 amide bonds. The summed E-state index contributed by atoms with van der Waals surface area (Å²) in [6.45, 7) is 1.37. The number of carbonyl (C=O) groups is 1. The highest BCUT2D eigenvalue weighted by molar-refractivity contribution is 6.33. The van der Waals surface area contributed by atoms with Gasteiger partial charge in [0.1, 0.15) is 5.82 Å². The Morgan fingerprint density at radius 3 is 3.00 bits per heavy atom. The van der Waals surface area contributed by atoms with Gasteiger partial charge in [0.15, 0.2) is 0 Å². The summed E-state index contributed by atoms with van der Waals surface area (Å²) in [6, 6.07) is 1.49. The van der Waals surface area contributed by atoms with Crippen LogP contribution in [-0.4, -0.2) is 31.2 Å². The molecule has 104 valence electrons. The normalized spacial score (nSPS) is 16.1. The molecule has 0 bridgehead atoms. The smallest absolute Gasteiger partial charge is 0.253 e. The van der Waals surface area contributed by atoms with E-state index in [1.807, 2.05) is 0 Å². The first-order valence-electron chi connectivity index (χ1n) is 6.24. The first-order valence-corrected chi connectivity index (χ1v) is 6.62. The fourth-order valence-electron chi connectivity index (χ4n) is 2.00. The van der Waals surface area contributed by atoms with Gasteiger partial charge < -0.3 is 15.8 Å². The molecule has 0 spiro atoms. The largest absolute Gasteiger partial charge is 0.385 e. The highest BCUT2D eigenvalue weighted by Gasteiger charge is 2.42. The Morgan fingerprint density at radius 2 is 2.37 bits per heavy atom. The quantitative estimate of drug-likeness (QED) is 0.835. The zero-order chi connectivity index (χ0) is 13.9. The molecule has 1 aromatic rings. The van der Waals surface area contributed by atoms with Gasteiger partial charge in [-0.25, -0.2) is 4.98 Å². The standard InChI is InChI=1S/C13H18ClN3O2/c1-19-5-4-13(2-3-13)8-17-12(18)9-6-11(15)16-7-10(9)14/h6-7H,2-5,8H2,1H3,(H2,15,16)(H,17,18). The van der Waals surface area contributed by atoms with Gasteiger partial charge in [0, 0.05) is 26.5 Å². The molecule has 3 N–H and O–H groups in total. The summed E-state index contributed by atoms with van der Waals surface area (Å²) >= 11 is 5.94. The maximum atomic E-state index is 12.1. The van der Waals surface area contributed by atoms with E-state index in [4.69, 9.17) is 22.1 Å². The third kappa shape index (κ3) is 3.58. The molecule has 5 nitrogen and oxygen atoms in total. The average Bonchev–Trinajstić information content (AvgIpc) is 3.17. The predicted octanol–water partition coefficient (Wildman–Crippen LogP) is 1.86. The molecule has 6 heteroatoms. The Bertz CT molecular complexity index is 475. The van der Waals surface area contributed by atoms with E-state index in [0.29, 0.717) is 17.1 Å². The van der Waals surface area contributed by atoms with Crippen LogP contribution in [0.2, 0.25) is 5.02 Å². The summed E-state index contributed by atoms with van der Waals surface area (Å²) < 4.78 is 5.09. The van der Waals surface area contributed by atoms with E-state index < -0.39 is 0 Å². The van der Waals surface area contributed by atoms with E-state index in [1.165, 1.54) is 12.3 Å². The number of aromatic nitrogens is 1. The van der Waals surface area contributed by atoms with Crippen molar-refractivity contribution in [1.29, 1.82) is 0 Å². The monoisotopic (exact) mass is 283 g/mol. The van der Waals surface area contributed by atoms with Crippen LogP contribution < -0.4 is 11.1 Å². The topological polar surface area (TPSA) is 77.2 Å². The molecule has 1 saturated carbocycles. The lowest BCUT2D eigenvalue weighted by Crippen LogP contribution is -2.31. The van der Waals surface area contributed by atoms with Crippen LogP contribution in [0.4, 0.5) is 5.82 Å². The summed E-state index contributed by atoms with van der Waals surface area (Å²) in [5.74, 6) is 0.0814. The maximum Gasteiger partial charge on any atom is 0.253 e. The van der Waals surface area contributed by atoms with E-state index in [-0.39, 0.29) is 17.1 Å². The minimum absolute atomic E-state index is 0.205. The SMILES string of the molecule is COCCC1(CNC(=O)c2cc(N)ncc2Cl)CC1. The Labute approximate surface area is 117 Å². The van der Waals surface area contributed by atoms with Crippen LogP contribution in [0.1, 0.15) is 29.6 Å². The summed E-state index contributed by atoms with van der Waals surface area (Å²) in [5.41, 5.74) is 6.14. The van der Waals surface area contributed by atoms with Crippen molar-refractivity contribution in [3.05, 3.63) is 22.8 Å². The summed E-state index contributed by atoms with van der Waals surface area (Å²) in [4.78, 5) is 15.9. The van der Waals surface area contributed by atoms with E-state index >= 15 is 0 Å². The number of nitrogens with two attached hydrogens (primary N) is 1. The lowest BCUT2D eigenvalue weighted by Gasteiger charge is -2.15. The number of halogens is 1. The van der Waals surface area contributed by atoms with Crippen molar-refractivity contribution in [3.8, 4) is 0 Å². The molecule has 1 fully saturated rings. The number of nitrogens with zero attached hydrogens (tertiary/aromatic N) is 1. The highest BCUT2D eigenvalue weighted by atomic mass is 35.5. The van der Waals surface area contributed by atoms with Crippen molar-refractivity contribution in [2.24, 2.45) is 5.41 Å². The summed E-state index contributed by atoms with van der Waals surface area (Å²) in [6.07, 6.45) is 4.62. The van der Waals surface area contributed by atoms with Crippen LogP contribution in [0.25, 0.3) is 0 Å². The minimum atomic E-state index is -0.206. The molecule has 0 atom stereocenters. The van der Waals surface area contributed by atoms with Crippen LogP contribution in [0.15, 0.2) is 12.3 Å². The Kier molecular flexibility index (Phi) is 4.27. The van der Waals surface area contributed by atoms with Gasteiger partial charge in [-0.15, -0.1) is 0 Å². The number of nitrogens with one attached hydrogen (secondary N) is 1. The van der Waals surface area contributed by atoms with Crippen molar-refractivity contribution in [3.63, 3.8) is 0 Å². The second-order valence-corrected chi connectivity index (χ2v) is 5.42. The van der Waals surface area contributed by atoms with Crippen molar-refractivity contribution < 1.29 is 9.53 Å². The molecule has 0 aliphatic heterocycles. The molecule has 19 heavy (non-hydrogen) atoms. The summed E-state index contributed by atoms with van der Waals surface area (Å²) in [5, 5.41) is 3.23. The third-order valence-corrected chi connectivity index (χ3v) is 3.84. The second-order valence-electron chi connectivity index (χ2n) is 5.01. The molecular weight excluding hydrogens is 266 g/mol. The highest BCUT2D eigenvalue weighted by Crippen LogP contribution is 2.48. The molecule has 1 aliphatic carbocycles. The fraction of sp³-hybridized carbons (Fsp3) is 0.538. The van der Waals surface area contributed by atoms with Crippen LogP contribution in [0, 0.1) is 5.41 Å². The molecule has 1 aromatic heterocycles. The van der Waals surface area contributed by atoms with Gasteiger partial charge in [0.25, 0.3) is 5.91 Å². The summed E-state index contributed by atoms with van der Waals surface area (Å²) in [7, 11) is 1.69. The Balaban J connectivity index is 1.93. The van der Waals surface area contributed by atoms with E-state index in [1.54, 1.807) is 7.11 Å². The Hall–Kier alpha value is -1.33. The van der Waals surface area contributed by atoms with Gasteiger partial charge in [-0.1, -0.05) is 11.6 Å². The minimum Gasteiger partial charge on any atom is -0.385 e. The van der Waals surface area contributed by atoms with Crippen molar-refractivity contribution in [2.45, 2.75) is 19.3 Å². The second kappa shape index (κ2) is 5.75. The van der Waals surface area contributed by atoms with Gasteiger partial charge in [-0.2, -0.15) is 0 Å². The van der Waals surface area contributed by atoms with Gasteiger partial charge in [0.05, 0.1) is 10.6 Å². The van der Waals surface area contributed by atoms with Gasteiger partial charge in [0.2, 0.25) is 0 Å². The zero-order valence-corrected chi connectivity index (χ0v) is 11.7. The number of nitrogen functional groups attached to an aromatic ring is 1. The molecular formula is C13H18ClN3O2. The van der Waals surface area contributed by atoms with Gasteiger partial charge in [-0.05, 0) is 30.7 Å². The number of hydrogen-bond donors (Lipinski definition) is 2. The number of hydrogen-bond acceptors (Lipinski definition) is 4. The maximum absolute atomic E-state index is 12.1. The zero-order valence-electron chi connectivity index (χ0n) is 10.9. The van der Waals surface area contributed by atoms with Crippen molar-refractivity contribution >= 4 is 23.3 Å². The molecule has 1 heterocycles. The number of carbonyl (C=O) groups excluding carboxylic acids is 1. The van der Waals surface area contributed by atoms with E-state index in [2.05, 4.69) is 10.3 Å². The number of anilines is 1. The third-order valence-electron chi connectivity index (χ3n) is 3.54. The molecule has 0 saturated heterocycles. The number of amides is 1. The lowest BCUT2D eigenvalue weighted by molar-refractivity contribution is 0.0938. The van der Waals surface area contributed by atoms with Crippen LogP contribution in [0.3, 0.4) is 0 Å². The Morgan fingerprint density at radius 1 is 1.63 bits per heavy atom. The molecule has 0 unspecified atom stereocenters. The fourth-order valence-corrected chi connectivity index (χ4v) is 2.19. The number of rotatable bonds is 6. The van der Waals surface area contributed by atoms with Crippen LogP contribution in [-0.2, 0) is 4.74 Å². The first-order chi connectivity index (χ1) is 9.06. The van der Waals surface area contributed by atoms with E-state index in [0.717, 1.165) is 25.9 Å². The van der Waals surface area contributed by atoms with E-state index in [9.17, 15) is 4.79 Å². The number of ether oxygens (including phenoxy) is 1. The number of methoxy groups -OCH3 is 1. The predicted molar refractivity (Wildman–Crippen MR) is 74.2 cm³/mol. The first kappa shape index (κ1) is 14.1. The molecule has 1 aliphatic rings. The lowest BCUT2D eigenvalue weighted by atomic mass is 10.0. The molecule has 0 radical (unpaired) electrons. The van der Waals surface area contributed by atoms with Gasteiger partial charge in [-0.3, -0.25) is 4.79 Å². The van der Waals surface area contributed by atoms with Crippen molar-refractivity contribution in [1.82, 2.24) is 10.3 Å². The van der Waals surface area contributed by atoms with Crippen molar-refractivity contribution in [2.75, 3.05) is 26.0 Å². The average molecular weight is 284 g/mol. The van der Waals surface area contributed by atoms with Crippen LogP contribution >= 0.6 is 11.6 Å². The van der Waals surface area contributed by atoms with Gasteiger partial charge >= 0.3 is 0 Å².